The summed E-state index contributed by atoms with van der Waals surface area (Å²) in [6.45, 7) is 15.4. The van der Waals surface area contributed by atoms with Crippen molar-refractivity contribution in [2.45, 2.75) is 60.7 Å². The molecule has 2 nitrogen and oxygen atoms in total. The van der Waals surface area contributed by atoms with Gasteiger partial charge in [0.15, 0.2) is 6.29 Å². The molecule has 1 heterocycles. The molecule has 1 aliphatic heterocycles. The van der Waals surface area contributed by atoms with E-state index in [0.717, 1.165) is 13.2 Å². The number of allylic oxidation sites excluding steroid dienone is 2. The SMILES string of the molecule is CCC(C)C1(C)COC(C2C(C)C=C(C)CC2C)OC1. The molecule has 1 fully saturated rings. The van der Waals surface area contributed by atoms with E-state index in [1.165, 1.54) is 18.4 Å². The van der Waals surface area contributed by atoms with Gasteiger partial charge in [-0.15, -0.1) is 0 Å². The summed E-state index contributed by atoms with van der Waals surface area (Å²) in [5, 5.41) is 0. The largest absolute Gasteiger partial charge is 0.352 e. The lowest BCUT2D eigenvalue weighted by atomic mass is 9.73. The zero-order valence-electron chi connectivity index (χ0n) is 14.1. The van der Waals surface area contributed by atoms with Crippen LogP contribution in [0.3, 0.4) is 0 Å². The molecular formula is C18H32O2. The molecular weight excluding hydrogens is 248 g/mol. The van der Waals surface area contributed by atoms with Crippen molar-refractivity contribution < 1.29 is 9.47 Å². The van der Waals surface area contributed by atoms with Crippen LogP contribution in [0.1, 0.15) is 54.4 Å². The Morgan fingerprint density at radius 3 is 2.40 bits per heavy atom. The van der Waals surface area contributed by atoms with Gasteiger partial charge in [0.25, 0.3) is 0 Å². The van der Waals surface area contributed by atoms with Gasteiger partial charge in [0.1, 0.15) is 0 Å². The van der Waals surface area contributed by atoms with Crippen LogP contribution in [0.2, 0.25) is 0 Å². The molecule has 0 aromatic heterocycles. The summed E-state index contributed by atoms with van der Waals surface area (Å²) >= 11 is 0. The predicted molar refractivity (Wildman–Crippen MR) is 83.4 cm³/mol. The third kappa shape index (κ3) is 3.12. The van der Waals surface area contributed by atoms with Gasteiger partial charge in [0.2, 0.25) is 0 Å². The van der Waals surface area contributed by atoms with Gasteiger partial charge in [-0.3, -0.25) is 0 Å². The van der Waals surface area contributed by atoms with Crippen LogP contribution in [-0.2, 0) is 9.47 Å². The smallest absolute Gasteiger partial charge is 0.161 e. The van der Waals surface area contributed by atoms with E-state index in [1.807, 2.05) is 0 Å². The Labute approximate surface area is 124 Å². The van der Waals surface area contributed by atoms with Gasteiger partial charge in [-0.25, -0.2) is 0 Å². The van der Waals surface area contributed by atoms with Crippen molar-refractivity contribution >= 4 is 0 Å². The summed E-state index contributed by atoms with van der Waals surface area (Å²) in [4.78, 5) is 0. The first-order valence-electron chi connectivity index (χ1n) is 8.28. The Morgan fingerprint density at radius 1 is 1.30 bits per heavy atom. The Kier molecular flexibility index (Phi) is 4.96. The molecule has 2 rings (SSSR count). The van der Waals surface area contributed by atoms with Crippen molar-refractivity contribution in [3.05, 3.63) is 11.6 Å². The third-order valence-corrected chi connectivity index (χ3v) is 5.73. The second kappa shape index (κ2) is 6.19. The van der Waals surface area contributed by atoms with E-state index < -0.39 is 0 Å². The Morgan fingerprint density at radius 2 is 1.90 bits per heavy atom. The monoisotopic (exact) mass is 280 g/mol. The molecule has 0 amide bonds. The Bertz CT molecular complexity index is 352. The van der Waals surface area contributed by atoms with E-state index >= 15 is 0 Å². The molecule has 0 aromatic carbocycles. The van der Waals surface area contributed by atoms with Crippen molar-refractivity contribution in [1.29, 1.82) is 0 Å². The molecule has 0 bridgehead atoms. The summed E-state index contributed by atoms with van der Waals surface area (Å²) in [5.41, 5.74) is 1.69. The number of hydrogen-bond acceptors (Lipinski definition) is 2. The van der Waals surface area contributed by atoms with Crippen LogP contribution in [0.4, 0.5) is 0 Å². The first-order valence-corrected chi connectivity index (χ1v) is 8.28. The molecule has 0 radical (unpaired) electrons. The molecule has 1 aliphatic carbocycles. The molecule has 0 N–H and O–H groups in total. The van der Waals surface area contributed by atoms with Crippen LogP contribution in [0.25, 0.3) is 0 Å². The molecule has 4 unspecified atom stereocenters. The molecule has 20 heavy (non-hydrogen) atoms. The normalized spacial score (nSPS) is 44.0. The van der Waals surface area contributed by atoms with Crippen molar-refractivity contribution in [1.82, 2.24) is 0 Å². The van der Waals surface area contributed by atoms with Crippen molar-refractivity contribution in [2.75, 3.05) is 13.2 Å². The minimum absolute atomic E-state index is 0.0125. The van der Waals surface area contributed by atoms with Crippen molar-refractivity contribution in [3.8, 4) is 0 Å². The van der Waals surface area contributed by atoms with Crippen LogP contribution in [0.5, 0.6) is 0 Å². The Balaban J connectivity index is 2.00. The molecule has 0 aromatic rings. The topological polar surface area (TPSA) is 18.5 Å². The highest BCUT2D eigenvalue weighted by Gasteiger charge is 2.42. The second-order valence-electron chi connectivity index (χ2n) is 7.58. The molecule has 4 atom stereocenters. The highest BCUT2D eigenvalue weighted by Crippen LogP contribution is 2.41. The van der Waals surface area contributed by atoms with Gasteiger partial charge < -0.3 is 9.47 Å². The lowest BCUT2D eigenvalue weighted by Crippen LogP contribution is -2.48. The molecule has 1 saturated heterocycles. The van der Waals surface area contributed by atoms with Crippen molar-refractivity contribution in [3.63, 3.8) is 0 Å². The van der Waals surface area contributed by atoms with Crippen LogP contribution >= 0.6 is 0 Å². The number of rotatable bonds is 3. The highest BCUT2D eigenvalue weighted by atomic mass is 16.7. The fourth-order valence-electron chi connectivity index (χ4n) is 3.94. The fraction of sp³-hybridized carbons (Fsp3) is 0.889. The second-order valence-corrected chi connectivity index (χ2v) is 7.58. The van der Waals surface area contributed by atoms with Gasteiger partial charge in [0, 0.05) is 11.3 Å². The average molecular weight is 280 g/mol. The lowest BCUT2D eigenvalue weighted by molar-refractivity contribution is -0.266. The van der Waals surface area contributed by atoms with Gasteiger partial charge in [-0.05, 0) is 31.1 Å². The zero-order chi connectivity index (χ0) is 14.9. The maximum absolute atomic E-state index is 6.18. The van der Waals surface area contributed by atoms with E-state index in [4.69, 9.17) is 9.47 Å². The standard InChI is InChI=1S/C18H32O2/c1-7-15(5)18(6)10-19-17(20-11-18)16-13(3)8-12(2)9-14(16)4/h8,13-17H,7,9-11H2,1-6H3. The van der Waals surface area contributed by atoms with E-state index in [9.17, 15) is 0 Å². The predicted octanol–water partition coefficient (Wildman–Crippen LogP) is 4.65. The minimum Gasteiger partial charge on any atom is -0.352 e. The van der Waals surface area contributed by atoms with Crippen LogP contribution in [0.15, 0.2) is 11.6 Å². The minimum atomic E-state index is -0.0125. The van der Waals surface area contributed by atoms with Gasteiger partial charge in [-0.2, -0.15) is 0 Å². The molecule has 116 valence electrons. The summed E-state index contributed by atoms with van der Waals surface area (Å²) < 4.78 is 12.4. The number of ether oxygens (including phenoxy) is 2. The van der Waals surface area contributed by atoms with E-state index in [-0.39, 0.29) is 11.7 Å². The lowest BCUT2D eigenvalue weighted by Gasteiger charge is -2.46. The van der Waals surface area contributed by atoms with E-state index in [0.29, 0.717) is 23.7 Å². The van der Waals surface area contributed by atoms with Crippen LogP contribution in [0, 0.1) is 29.1 Å². The molecule has 2 heteroatoms. The van der Waals surface area contributed by atoms with Gasteiger partial charge >= 0.3 is 0 Å². The summed E-state index contributed by atoms with van der Waals surface area (Å²) in [7, 11) is 0. The molecule has 0 saturated carbocycles. The summed E-state index contributed by atoms with van der Waals surface area (Å²) in [5.74, 6) is 2.34. The van der Waals surface area contributed by atoms with Gasteiger partial charge in [-0.1, -0.05) is 52.7 Å². The average Bonchev–Trinajstić information content (AvgIpc) is 2.39. The number of hydrogen-bond donors (Lipinski definition) is 0. The summed E-state index contributed by atoms with van der Waals surface area (Å²) in [6, 6.07) is 0. The zero-order valence-corrected chi connectivity index (χ0v) is 14.1. The van der Waals surface area contributed by atoms with E-state index in [2.05, 4.69) is 47.6 Å². The summed E-state index contributed by atoms with van der Waals surface area (Å²) in [6.07, 6.45) is 4.76. The quantitative estimate of drug-likeness (QED) is 0.701. The maximum atomic E-state index is 6.18. The molecule has 0 spiro atoms. The maximum Gasteiger partial charge on any atom is 0.161 e. The Hall–Kier alpha value is -0.340. The van der Waals surface area contributed by atoms with Crippen LogP contribution < -0.4 is 0 Å². The molecule has 2 aliphatic rings. The third-order valence-electron chi connectivity index (χ3n) is 5.73. The first kappa shape index (κ1) is 16.0. The highest BCUT2D eigenvalue weighted by molar-refractivity contribution is 5.09. The first-order chi connectivity index (χ1) is 9.37. The fourth-order valence-corrected chi connectivity index (χ4v) is 3.94. The van der Waals surface area contributed by atoms with Crippen LogP contribution in [-0.4, -0.2) is 19.5 Å². The van der Waals surface area contributed by atoms with E-state index in [1.54, 1.807) is 0 Å². The van der Waals surface area contributed by atoms with Gasteiger partial charge in [0.05, 0.1) is 13.2 Å². The van der Waals surface area contributed by atoms with Crippen molar-refractivity contribution in [2.24, 2.45) is 29.1 Å².